The Morgan fingerprint density at radius 2 is 1.75 bits per heavy atom. The van der Waals surface area contributed by atoms with Crippen molar-refractivity contribution in [2.24, 2.45) is 5.92 Å². The molecule has 0 unspecified atom stereocenters. The second-order valence-corrected chi connectivity index (χ2v) is 9.42. The zero-order chi connectivity index (χ0) is 22.2. The molecule has 1 saturated carbocycles. The molecule has 0 aliphatic heterocycles. The number of nitrogens with zero attached hydrogens (tertiary/aromatic N) is 4. The summed E-state index contributed by atoms with van der Waals surface area (Å²) in [5.41, 5.74) is 6.29. The lowest BCUT2D eigenvalue weighted by Gasteiger charge is -2.26. The van der Waals surface area contributed by atoms with E-state index in [-0.39, 0.29) is 5.82 Å². The Morgan fingerprint density at radius 3 is 2.44 bits per heavy atom. The minimum absolute atomic E-state index is 0.265. The molecule has 3 heterocycles. The molecule has 1 aliphatic carbocycles. The first-order valence-corrected chi connectivity index (χ1v) is 11.6. The Morgan fingerprint density at radius 1 is 0.969 bits per heavy atom. The quantitative estimate of drug-likeness (QED) is 0.351. The van der Waals surface area contributed by atoms with Crippen molar-refractivity contribution in [2.45, 2.75) is 58.3 Å². The van der Waals surface area contributed by atoms with Gasteiger partial charge in [0.25, 0.3) is 0 Å². The number of fused-ring (bicyclic) bond motifs is 1. The van der Waals surface area contributed by atoms with Crippen LogP contribution < -0.4 is 0 Å². The minimum atomic E-state index is -0.265. The molecule has 0 radical (unpaired) electrons. The van der Waals surface area contributed by atoms with Gasteiger partial charge in [-0.1, -0.05) is 51.8 Å². The highest BCUT2D eigenvalue weighted by Crippen LogP contribution is 2.37. The molecule has 5 rings (SSSR count). The van der Waals surface area contributed by atoms with E-state index in [1.165, 1.54) is 43.1 Å². The zero-order valence-corrected chi connectivity index (χ0v) is 18.9. The summed E-state index contributed by atoms with van der Waals surface area (Å²) in [6.07, 6.45) is 8.60. The van der Waals surface area contributed by atoms with Crippen molar-refractivity contribution in [2.75, 3.05) is 0 Å². The standard InChI is InChI=1S/C27H29FN4/c1-17(2)26-14-25(19-10-8-18(3)9-11-19)31-27-22(16-30-32(26)27)20-12-13-24(29-15-20)21-6-4-5-7-23(21)28/h4-7,12-19H,8-11H2,1-3H3. The lowest BCUT2D eigenvalue weighted by atomic mass is 9.81. The summed E-state index contributed by atoms with van der Waals surface area (Å²) in [5, 5.41) is 4.68. The minimum Gasteiger partial charge on any atom is -0.256 e. The van der Waals surface area contributed by atoms with Gasteiger partial charge in [-0.25, -0.2) is 13.9 Å². The molecule has 0 saturated heterocycles. The number of aromatic nitrogens is 4. The van der Waals surface area contributed by atoms with Crippen LogP contribution in [0, 0.1) is 11.7 Å². The second kappa shape index (κ2) is 8.45. The molecule has 0 N–H and O–H groups in total. The van der Waals surface area contributed by atoms with Gasteiger partial charge in [-0.05, 0) is 48.9 Å². The second-order valence-electron chi connectivity index (χ2n) is 9.42. The van der Waals surface area contributed by atoms with Crippen molar-refractivity contribution in [1.82, 2.24) is 19.6 Å². The predicted molar refractivity (Wildman–Crippen MR) is 126 cm³/mol. The zero-order valence-electron chi connectivity index (χ0n) is 18.9. The molecule has 5 heteroatoms. The van der Waals surface area contributed by atoms with Gasteiger partial charge in [-0.3, -0.25) is 4.98 Å². The van der Waals surface area contributed by atoms with E-state index in [1.54, 1.807) is 18.3 Å². The fourth-order valence-corrected chi connectivity index (χ4v) is 4.77. The molecule has 0 bridgehead atoms. The third-order valence-corrected chi connectivity index (χ3v) is 6.77. The SMILES string of the molecule is CC1CCC(c2cc(C(C)C)n3ncc(-c4ccc(-c5ccccc5F)nc4)c3n2)CC1. The Kier molecular flexibility index (Phi) is 5.50. The molecule has 1 aliphatic rings. The maximum absolute atomic E-state index is 14.2. The van der Waals surface area contributed by atoms with Crippen LogP contribution in [-0.2, 0) is 0 Å². The van der Waals surface area contributed by atoms with Gasteiger partial charge >= 0.3 is 0 Å². The monoisotopic (exact) mass is 428 g/mol. The molecular weight excluding hydrogens is 399 g/mol. The van der Waals surface area contributed by atoms with E-state index in [0.29, 0.717) is 23.1 Å². The van der Waals surface area contributed by atoms with E-state index in [9.17, 15) is 4.39 Å². The van der Waals surface area contributed by atoms with E-state index in [1.807, 2.05) is 28.9 Å². The molecule has 0 spiro atoms. The number of halogens is 1. The van der Waals surface area contributed by atoms with Crippen LogP contribution >= 0.6 is 0 Å². The van der Waals surface area contributed by atoms with Crippen molar-refractivity contribution in [3.63, 3.8) is 0 Å². The molecule has 1 aromatic carbocycles. The van der Waals surface area contributed by atoms with Crippen molar-refractivity contribution in [3.8, 4) is 22.4 Å². The summed E-state index contributed by atoms with van der Waals surface area (Å²) in [4.78, 5) is 9.66. The average Bonchev–Trinajstić information content (AvgIpc) is 3.23. The number of benzene rings is 1. The number of rotatable bonds is 4. The molecule has 4 aromatic rings. The van der Waals surface area contributed by atoms with Crippen molar-refractivity contribution >= 4 is 5.65 Å². The summed E-state index contributed by atoms with van der Waals surface area (Å²) in [6.45, 7) is 6.75. The maximum Gasteiger partial charge on any atom is 0.163 e. The van der Waals surface area contributed by atoms with E-state index >= 15 is 0 Å². The first-order valence-electron chi connectivity index (χ1n) is 11.6. The summed E-state index contributed by atoms with van der Waals surface area (Å²) < 4.78 is 16.1. The smallest absolute Gasteiger partial charge is 0.163 e. The molecule has 1 fully saturated rings. The largest absolute Gasteiger partial charge is 0.256 e. The van der Waals surface area contributed by atoms with Gasteiger partial charge in [-0.15, -0.1) is 0 Å². The van der Waals surface area contributed by atoms with Crippen LogP contribution in [0.5, 0.6) is 0 Å². The normalized spacial score (nSPS) is 19.0. The third-order valence-electron chi connectivity index (χ3n) is 6.77. The lowest BCUT2D eigenvalue weighted by molar-refractivity contribution is 0.344. The molecule has 32 heavy (non-hydrogen) atoms. The van der Waals surface area contributed by atoms with E-state index in [4.69, 9.17) is 4.98 Å². The predicted octanol–water partition coefficient (Wildman–Crippen LogP) is 7.01. The van der Waals surface area contributed by atoms with Crippen LogP contribution in [0.1, 0.15) is 69.7 Å². The highest BCUT2D eigenvalue weighted by Gasteiger charge is 2.24. The van der Waals surface area contributed by atoms with Gasteiger partial charge in [0.1, 0.15) is 5.82 Å². The molecule has 164 valence electrons. The first kappa shape index (κ1) is 20.8. The van der Waals surface area contributed by atoms with Gasteiger partial charge in [0.15, 0.2) is 5.65 Å². The molecule has 4 nitrogen and oxygen atoms in total. The van der Waals surface area contributed by atoms with Crippen molar-refractivity contribution in [1.29, 1.82) is 0 Å². The highest BCUT2D eigenvalue weighted by molar-refractivity contribution is 5.78. The Bertz CT molecular complexity index is 1230. The number of hydrogen-bond donors (Lipinski definition) is 0. The summed E-state index contributed by atoms with van der Waals surface area (Å²) >= 11 is 0. The van der Waals surface area contributed by atoms with Gasteiger partial charge in [0.05, 0.1) is 11.9 Å². The summed E-state index contributed by atoms with van der Waals surface area (Å²) in [7, 11) is 0. The van der Waals surface area contributed by atoms with Crippen LogP contribution in [0.3, 0.4) is 0 Å². The third kappa shape index (κ3) is 3.81. The van der Waals surface area contributed by atoms with Crippen LogP contribution in [0.25, 0.3) is 28.0 Å². The van der Waals surface area contributed by atoms with Crippen LogP contribution in [-0.4, -0.2) is 19.6 Å². The van der Waals surface area contributed by atoms with Gasteiger partial charge < -0.3 is 0 Å². The van der Waals surface area contributed by atoms with Gasteiger partial charge in [-0.2, -0.15) is 5.10 Å². The summed E-state index contributed by atoms with van der Waals surface area (Å²) in [6, 6.07) is 12.8. The average molecular weight is 429 g/mol. The van der Waals surface area contributed by atoms with Crippen molar-refractivity contribution in [3.05, 3.63) is 72.1 Å². The van der Waals surface area contributed by atoms with Crippen LogP contribution in [0.2, 0.25) is 0 Å². The van der Waals surface area contributed by atoms with Gasteiger partial charge in [0, 0.05) is 40.2 Å². The fourth-order valence-electron chi connectivity index (χ4n) is 4.77. The van der Waals surface area contributed by atoms with Crippen molar-refractivity contribution < 1.29 is 4.39 Å². The topological polar surface area (TPSA) is 43.1 Å². The molecule has 0 atom stereocenters. The summed E-state index contributed by atoms with van der Waals surface area (Å²) in [5.74, 6) is 1.40. The Hall–Kier alpha value is -3.08. The lowest BCUT2D eigenvalue weighted by Crippen LogP contribution is -2.14. The van der Waals surface area contributed by atoms with E-state index in [0.717, 1.165) is 22.7 Å². The molecular formula is C27H29FN4. The number of hydrogen-bond acceptors (Lipinski definition) is 3. The van der Waals surface area contributed by atoms with Crippen LogP contribution in [0.15, 0.2) is 54.9 Å². The van der Waals surface area contributed by atoms with Crippen LogP contribution in [0.4, 0.5) is 4.39 Å². The van der Waals surface area contributed by atoms with Gasteiger partial charge in [0.2, 0.25) is 0 Å². The van der Waals surface area contributed by atoms with E-state index in [2.05, 4.69) is 36.9 Å². The molecule has 0 amide bonds. The first-order chi connectivity index (χ1) is 15.5. The highest BCUT2D eigenvalue weighted by atomic mass is 19.1. The van der Waals surface area contributed by atoms with E-state index < -0.39 is 0 Å². The maximum atomic E-state index is 14.2. The number of pyridine rings is 1. The molecule has 3 aromatic heterocycles. The Balaban J connectivity index is 1.56. The Labute approximate surface area is 188 Å². The fraction of sp³-hybridized carbons (Fsp3) is 0.370.